The molecule has 1 heterocycles. The van der Waals surface area contributed by atoms with Crippen LogP contribution in [0.5, 0.6) is 0 Å². The summed E-state index contributed by atoms with van der Waals surface area (Å²) in [6, 6.07) is 7.27. The molecule has 0 aromatic heterocycles. The predicted octanol–water partition coefficient (Wildman–Crippen LogP) is 2.10. The van der Waals surface area contributed by atoms with Gasteiger partial charge in [0, 0.05) is 10.8 Å². The second-order valence-electron chi connectivity index (χ2n) is 3.39. The molecule has 16 heavy (non-hydrogen) atoms. The van der Waals surface area contributed by atoms with Crippen molar-refractivity contribution in [3.8, 4) is 0 Å². The summed E-state index contributed by atoms with van der Waals surface area (Å²) < 4.78 is 0. The lowest BCUT2D eigenvalue weighted by atomic mass is 10.1. The first-order chi connectivity index (χ1) is 7.74. The van der Waals surface area contributed by atoms with Gasteiger partial charge in [-0.1, -0.05) is 35.5 Å². The Hall–Kier alpha value is -1.000. The fraction of sp³-hybridized carbons (Fsp3) is 0.273. The number of halogens is 1. The normalized spacial score (nSPS) is 14.7. The van der Waals surface area contributed by atoms with Crippen LogP contribution in [0.3, 0.4) is 0 Å². The van der Waals surface area contributed by atoms with Gasteiger partial charge in [-0.05, 0) is 17.7 Å². The third-order valence-electron chi connectivity index (χ3n) is 2.11. The first kappa shape index (κ1) is 11.5. The van der Waals surface area contributed by atoms with Crippen molar-refractivity contribution >= 4 is 34.4 Å². The van der Waals surface area contributed by atoms with E-state index in [1.54, 1.807) is 23.9 Å². The molecule has 0 saturated carbocycles. The highest BCUT2D eigenvalue weighted by Gasteiger charge is 2.10. The first-order valence-corrected chi connectivity index (χ1v) is 6.32. The molecule has 1 N–H and O–H groups in total. The van der Waals surface area contributed by atoms with Crippen molar-refractivity contribution in [2.24, 2.45) is 4.99 Å². The van der Waals surface area contributed by atoms with Gasteiger partial charge in [-0.2, -0.15) is 0 Å². The maximum atomic E-state index is 11.6. The van der Waals surface area contributed by atoms with Crippen LogP contribution in [0.15, 0.2) is 29.3 Å². The van der Waals surface area contributed by atoms with Crippen LogP contribution in [-0.2, 0) is 11.2 Å². The minimum absolute atomic E-state index is 0.0320. The second kappa shape index (κ2) is 5.37. The van der Waals surface area contributed by atoms with E-state index in [1.807, 2.05) is 12.1 Å². The highest BCUT2D eigenvalue weighted by molar-refractivity contribution is 8.14. The molecule has 0 saturated heterocycles. The number of carbonyl (C=O) groups excluding carboxylic acids is 1. The van der Waals surface area contributed by atoms with Crippen molar-refractivity contribution in [3.63, 3.8) is 0 Å². The Balaban J connectivity index is 1.89. The molecule has 84 valence electrons. The number of nitrogens with zero attached hydrogens (tertiary/aromatic N) is 1. The van der Waals surface area contributed by atoms with Crippen LogP contribution in [0.2, 0.25) is 5.02 Å². The summed E-state index contributed by atoms with van der Waals surface area (Å²) in [5.41, 5.74) is 0.950. The third-order valence-corrected chi connectivity index (χ3v) is 3.25. The van der Waals surface area contributed by atoms with E-state index in [-0.39, 0.29) is 5.91 Å². The Labute approximate surface area is 103 Å². The quantitative estimate of drug-likeness (QED) is 0.878. The lowest BCUT2D eigenvalue weighted by Gasteiger charge is -2.03. The molecule has 1 aliphatic heterocycles. The number of hydrogen-bond donors (Lipinski definition) is 1. The molecule has 0 fully saturated rings. The highest BCUT2D eigenvalue weighted by atomic mass is 35.5. The van der Waals surface area contributed by atoms with Gasteiger partial charge in [0.05, 0.1) is 13.0 Å². The molecular formula is C11H11ClN2OS. The topological polar surface area (TPSA) is 41.5 Å². The summed E-state index contributed by atoms with van der Waals surface area (Å²) in [5.74, 6) is 0.923. The number of aliphatic imine (C=N–C) groups is 1. The zero-order chi connectivity index (χ0) is 11.4. The van der Waals surface area contributed by atoms with E-state index in [1.165, 1.54) is 0 Å². The molecule has 1 aromatic carbocycles. The first-order valence-electron chi connectivity index (χ1n) is 4.95. The fourth-order valence-corrected chi connectivity index (χ4v) is 2.23. The molecule has 1 aromatic rings. The Kier molecular flexibility index (Phi) is 3.85. The van der Waals surface area contributed by atoms with Gasteiger partial charge in [-0.15, -0.1) is 0 Å². The Morgan fingerprint density at radius 2 is 2.19 bits per heavy atom. The number of amidine groups is 1. The number of nitrogens with one attached hydrogen (secondary N) is 1. The van der Waals surface area contributed by atoms with E-state index < -0.39 is 0 Å². The van der Waals surface area contributed by atoms with E-state index in [9.17, 15) is 4.79 Å². The van der Waals surface area contributed by atoms with E-state index in [2.05, 4.69) is 10.3 Å². The largest absolute Gasteiger partial charge is 0.305 e. The second-order valence-corrected chi connectivity index (χ2v) is 4.91. The van der Waals surface area contributed by atoms with Gasteiger partial charge in [-0.3, -0.25) is 9.79 Å². The van der Waals surface area contributed by atoms with Crippen LogP contribution in [-0.4, -0.2) is 23.4 Å². The predicted molar refractivity (Wildman–Crippen MR) is 68.1 cm³/mol. The van der Waals surface area contributed by atoms with Crippen molar-refractivity contribution in [1.29, 1.82) is 0 Å². The van der Waals surface area contributed by atoms with Crippen LogP contribution in [0.25, 0.3) is 0 Å². The molecule has 0 bridgehead atoms. The van der Waals surface area contributed by atoms with Gasteiger partial charge >= 0.3 is 0 Å². The minimum atomic E-state index is -0.0320. The number of rotatable bonds is 2. The van der Waals surface area contributed by atoms with E-state index in [0.717, 1.165) is 23.0 Å². The summed E-state index contributed by atoms with van der Waals surface area (Å²) in [6.45, 7) is 0.793. The number of hydrogen-bond acceptors (Lipinski definition) is 3. The van der Waals surface area contributed by atoms with Gasteiger partial charge in [0.15, 0.2) is 5.17 Å². The van der Waals surface area contributed by atoms with E-state index in [0.29, 0.717) is 11.4 Å². The van der Waals surface area contributed by atoms with Gasteiger partial charge in [0.2, 0.25) is 5.91 Å². The molecule has 1 amide bonds. The van der Waals surface area contributed by atoms with Crippen molar-refractivity contribution in [2.75, 3.05) is 12.3 Å². The fourth-order valence-electron chi connectivity index (χ4n) is 1.36. The standard InChI is InChI=1S/C11H11ClN2OS/c12-9-3-1-8(2-4-9)7-10(15)14-11-13-5-6-16-11/h1-4H,5-7H2,(H,13,14,15). The molecular weight excluding hydrogens is 244 g/mol. The van der Waals surface area contributed by atoms with E-state index in [4.69, 9.17) is 11.6 Å². The number of benzene rings is 1. The minimum Gasteiger partial charge on any atom is -0.305 e. The number of thioether (sulfide) groups is 1. The van der Waals surface area contributed by atoms with Crippen LogP contribution >= 0.6 is 23.4 Å². The van der Waals surface area contributed by atoms with Crippen LogP contribution in [0.1, 0.15) is 5.56 Å². The van der Waals surface area contributed by atoms with E-state index >= 15 is 0 Å². The molecule has 0 unspecified atom stereocenters. The summed E-state index contributed by atoms with van der Waals surface area (Å²) >= 11 is 7.34. The SMILES string of the molecule is O=C(Cc1ccc(Cl)cc1)NC1=NCCS1. The summed E-state index contributed by atoms with van der Waals surface area (Å²) in [5, 5.41) is 4.20. The smallest absolute Gasteiger partial charge is 0.230 e. The molecule has 0 atom stereocenters. The van der Waals surface area contributed by atoms with Gasteiger partial charge in [0.25, 0.3) is 0 Å². The zero-order valence-electron chi connectivity index (χ0n) is 8.57. The molecule has 0 radical (unpaired) electrons. The van der Waals surface area contributed by atoms with Crippen molar-refractivity contribution in [3.05, 3.63) is 34.9 Å². The molecule has 5 heteroatoms. The molecule has 1 aliphatic rings. The van der Waals surface area contributed by atoms with Crippen molar-refractivity contribution in [2.45, 2.75) is 6.42 Å². The average molecular weight is 255 g/mol. The Morgan fingerprint density at radius 1 is 1.44 bits per heavy atom. The summed E-state index contributed by atoms with van der Waals surface area (Å²) in [6.07, 6.45) is 0.358. The Bertz CT molecular complexity index is 416. The number of carbonyl (C=O) groups is 1. The van der Waals surface area contributed by atoms with Crippen molar-refractivity contribution in [1.82, 2.24) is 5.32 Å². The zero-order valence-corrected chi connectivity index (χ0v) is 10.1. The highest BCUT2D eigenvalue weighted by Crippen LogP contribution is 2.11. The van der Waals surface area contributed by atoms with Gasteiger partial charge in [0.1, 0.15) is 0 Å². The molecule has 0 spiro atoms. The summed E-state index contributed by atoms with van der Waals surface area (Å²) in [4.78, 5) is 15.8. The Morgan fingerprint density at radius 3 is 2.81 bits per heavy atom. The van der Waals surface area contributed by atoms with Crippen molar-refractivity contribution < 1.29 is 4.79 Å². The molecule has 3 nitrogen and oxygen atoms in total. The summed E-state index contributed by atoms with van der Waals surface area (Å²) in [7, 11) is 0. The lowest BCUT2D eigenvalue weighted by molar-refractivity contribution is -0.119. The average Bonchev–Trinajstić information content (AvgIpc) is 2.74. The maximum absolute atomic E-state index is 11.6. The van der Waals surface area contributed by atoms with Crippen LogP contribution in [0.4, 0.5) is 0 Å². The van der Waals surface area contributed by atoms with Gasteiger partial charge < -0.3 is 5.32 Å². The van der Waals surface area contributed by atoms with Crippen LogP contribution < -0.4 is 5.32 Å². The molecule has 0 aliphatic carbocycles. The number of amides is 1. The van der Waals surface area contributed by atoms with Crippen LogP contribution in [0, 0.1) is 0 Å². The molecule has 2 rings (SSSR count). The lowest BCUT2D eigenvalue weighted by Crippen LogP contribution is -2.28. The third kappa shape index (κ3) is 3.25. The van der Waals surface area contributed by atoms with Gasteiger partial charge in [-0.25, -0.2) is 0 Å². The monoisotopic (exact) mass is 254 g/mol. The maximum Gasteiger partial charge on any atom is 0.230 e.